The Balaban J connectivity index is 2.39. The van der Waals surface area contributed by atoms with Gasteiger partial charge in [0.05, 0.1) is 12.1 Å². The number of carbonyl (C=O) groups excluding carboxylic acids is 1. The monoisotopic (exact) mass is 312 g/mol. The Morgan fingerprint density at radius 1 is 1.14 bits per heavy atom. The first-order valence-corrected chi connectivity index (χ1v) is 5.85. The second-order valence-corrected chi connectivity index (χ2v) is 4.51. The Labute approximate surface area is 115 Å². The maximum Gasteiger partial charge on any atom is 0.416 e. The molecule has 1 aromatic rings. The van der Waals surface area contributed by atoms with Crippen molar-refractivity contribution in [2.75, 3.05) is 13.1 Å². The third kappa shape index (κ3) is 3.46. The number of carbonyl (C=O) groups is 1. The molecule has 1 aliphatic heterocycles. The third-order valence-electron chi connectivity index (χ3n) is 2.99. The van der Waals surface area contributed by atoms with Crippen LogP contribution in [0.4, 0.5) is 26.3 Å². The van der Waals surface area contributed by atoms with Gasteiger partial charge in [-0.05, 0) is 6.07 Å². The normalized spacial score (nSPS) is 20.2. The summed E-state index contributed by atoms with van der Waals surface area (Å²) in [5, 5.41) is 2.38. The number of hydrogen-bond acceptors (Lipinski definition) is 2. The van der Waals surface area contributed by atoms with Gasteiger partial charge < -0.3 is 4.90 Å². The van der Waals surface area contributed by atoms with Crippen LogP contribution < -0.4 is 5.32 Å². The number of nitrogens with one attached hydrogen (secondary N) is 1. The van der Waals surface area contributed by atoms with E-state index in [4.69, 9.17) is 0 Å². The number of benzene rings is 1. The zero-order valence-electron chi connectivity index (χ0n) is 10.4. The molecule has 1 fully saturated rings. The molecule has 1 heterocycles. The molecule has 0 aromatic heterocycles. The Morgan fingerprint density at radius 2 is 1.76 bits per heavy atom. The molecule has 3 nitrogen and oxygen atoms in total. The minimum absolute atomic E-state index is 0.366. The van der Waals surface area contributed by atoms with Crippen LogP contribution in [0.1, 0.15) is 17.3 Å². The largest absolute Gasteiger partial charge is 0.416 e. The molecule has 0 aliphatic carbocycles. The number of amides is 1. The SMILES string of the molecule is O=C1CNC(c2ccccc2C(F)(F)F)N1CC(F)(F)F. The summed E-state index contributed by atoms with van der Waals surface area (Å²) in [5.41, 5.74) is -1.47. The van der Waals surface area contributed by atoms with Crippen molar-refractivity contribution in [3.8, 4) is 0 Å². The molecule has 0 radical (unpaired) electrons. The average molecular weight is 312 g/mol. The number of hydrogen-bond donors (Lipinski definition) is 1. The molecule has 2 rings (SSSR count). The van der Waals surface area contributed by atoms with Crippen LogP contribution in [0, 0.1) is 0 Å². The molecular formula is C12H10F6N2O. The van der Waals surface area contributed by atoms with E-state index in [0.717, 1.165) is 18.2 Å². The quantitative estimate of drug-likeness (QED) is 0.852. The lowest BCUT2D eigenvalue weighted by Gasteiger charge is -2.27. The Hall–Kier alpha value is -1.77. The van der Waals surface area contributed by atoms with Gasteiger partial charge >= 0.3 is 12.4 Å². The van der Waals surface area contributed by atoms with Crippen LogP contribution >= 0.6 is 0 Å². The molecule has 1 N–H and O–H groups in total. The van der Waals surface area contributed by atoms with E-state index in [1.807, 2.05) is 0 Å². The topological polar surface area (TPSA) is 32.3 Å². The number of alkyl halides is 6. The van der Waals surface area contributed by atoms with Crippen molar-refractivity contribution in [1.29, 1.82) is 0 Å². The van der Waals surface area contributed by atoms with Crippen LogP contribution in [0.15, 0.2) is 24.3 Å². The molecule has 1 atom stereocenters. The van der Waals surface area contributed by atoms with Crippen molar-refractivity contribution in [3.63, 3.8) is 0 Å². The molecule has 1 aromatic carbocycles. The van der Waals surface area contributed by atoms with Crippen LogP contribution in [-0.2, 0) is 11.0 Å². The fraction of sp³-hybridized carbons (Fsp3) is 0.417. The zero-order chi connectivity index (χ0) is 15.8. The van der Waals surface area contributed by atoms with E-state index in [-0.39, 0.29) is 0 Å². The molecule has 0 bridgehead atoms. The van der Waals surface area contributed by atoms with E-state index in [0.29, 0.717) is 4.90 Å². The van der Waals surface area contributed by atoms with Gasteiger partial charge in [0.1, 0.15) is 12.7 Å². The van der Waals surface area contributed by atoms with E-state index < -0.39 is 48.6 Å². The maximum absolute atomic E-state index is 12.9. The fourth-order valence-electron chi connectivity index (χ4n) is 2.18. The van der Waals surface area contributed by atoms with Crippen molar-refractivity contribution >= 4 is 5.91 Å². The van der Waals surface area contributed by atoms with E-state index in [2.05, 4.69) is 5.32 Å². The first-order valence-electron chi connectivity index (χ1n) is 5.85. The van der Waals surface area contributed by atoms with Crippen molar-refractivity contribution in [2.24, 2.45) is 0 Å². The number of nitrogens with zero attached hydrogens (tertiary/aromatic N) is 1. The van der Waals surface area contributed by atoms with E-state index in [1.54, 1.807) is 0 Å². The zero-order valence-corrected chi connectivity index (χ0v) is 10.4. The smallest absolute Gasteiger partial charge is 0.313 e. The summed E-state index contributed by atoms with van der Waals surface area (Å²) in [6.07, 6.45) is -10.8. The Kier molecular flexibility index (Phi) is 3.87. The van der Waals surface area contributed by atoms with Gasteiger partial charge in [0, 0.05) is 5.56 Å². The molecule has 1 amide bonds. The summed E-state index contributed by atoms with van der Waals surface area (Å²) in [6.45, 7) is -2.04. The second kappa shape index (κ2) is 5.21. The van der Waals surface area contributed by atoms with Gasteiger partial charge in [-0.25, -0.2) is 0 Å². The minimum atomic E-state index is -4.71. The van der Waals surface area contributed by atoms with Crippen LogP contribution in [-0.4, -0.2) is 30.1 Å². The van der Waals surface area contributed by atoms with Gasteiger partial charge in [-0.2, -0.15) is 26.3 Å². The molecule has 1 aliphatic rings. The average Bonchev–Trinajstić information content (AvgIpc) is 2.68. The lowest BCUT2D eigenvalue weighted by atomic mass is 10.0. The van der Waals surface area contributed by atoms with Crippen LogP contribution in [0.25, 0.3) is 0 Å². The Bertz CT molecular complexity index is 539. The van der Waals surface area contributed by atoms with E-state index in [1.165, 1.54) is 6.07 Å². The Morgan fingerprint density at radius 3 is 2.33 bits per heavy atom. The second-order valence-electron chi connectivity index (χ2n) is 4.51. The molecule has 116 valence electrons. The number of rotatable bonds is 2. The van der Waals surface area contributed by atoms with Gasteiger partial charge in [0.2, 0.25) is 5.91 Å². The lowest BCUT2D eigenvalue weighted by Crippen LogP contribution is -2.39. The summed E-state index contributed by atoms with van der Waals surface area (Å²) in [6, 6.07) is 4.24. The van der Waals surface area contributed by atoms with Crippen LogP contribution in [0.5, 0.6) is 0 Å². The highest BCUT2D eigenvalue weighted by Gasteiger charge is 2.43. The first kappa shape index (κ1) is 15.6. The third-order valence-corrected chi connectivity index (χ3v) is 2.99. The number of halogens is 6. The molecule has 21 heavy (non-hydrogen) atoms. The van der Waals surface area contributed by atoms with E-state index >= 15 is 0 Å². The summed E-state index contributed by atoms with van der Waals surface area (Å²) in [5.74, 6) is -0.894. The van der Waals surface area contributed by atoms with E-state index in [9.17, 15) is 31.1 Å². The molecule has 9 heteroatoms. The highest BCUT2D eigenvalue weighted by Crippen LogP contribution is 2.37. The van der Waals surface area contributed by atoms with Crippen LogP contribution in [0.3, 0.4) is 0 Å². The standard InChI is InChI=1S/C12H10F6N2O/c13-11(14,15)6-20-9(21)5-19-10(20)7-3-1-2-4-8(7)12(16,17)18/h1-4,10,19H,5-6H2. The van der Waals surface area contributed by atoms with Gasteiger partial charge in [0.15, 0.2) is 0 Å². The van der Waals surface area contributed by atoms with Crippen LogP contribution in [0.2, 0.25) is 0 Å². The summed E-state index contributed by atoms with van der Waals surface area (Å²) in [4.78, 5) is 11.8. The van der Waals surface area contributed by atoms with Crippen molar-refractivity contribution in [3.05, 3.63) is 35.4 Å². The summed E-state index contributed by atoms with van der Waals surface area (Å²) < 4.78 is 76.1. The lowest BCUT2D eigenvalue weighted by molar-refractivity contribution is -0.161. The van der Waals surface area contributed by atoms with Crippen molar-refractivity contribution < 1.29 is 31.1 Å². The first-order chi connectivity index (χ1) is 9.59. The molecular weight excluding hydrogens is 302 g/mol. The van der Waals surface area contributed by atoms with Crippen molar-refractivity contribution in [2.45, 2.75) is 18.5 Å². The molecule has 1 saturated heterocycles. The predicted octanol–water partition coefficient (Wildman–Crippen LogP) is 2.70. The van der Waals surface area contributed by atoms with Gasteiger partial charge in [-0.1, -0.05) is 18.2 Å². The summed E-state index contributed by atoms with van der Waals surface area (Å²) in [7, 11) is 0. The van der Waals surface area contributed by atoms with Gasteiger partial charge in [-0.3, -0.25) is 10.1 Å². The minimum Gasteiger partial charge on any atom is -0.313 e. The molecule has 0 spiro atoms. The highest BCUT2D eigenvalue weighted by atomic mass is 19.4. The molecule has 1 unspecified atom stereocenters. The maximum atomic E-state index is 12.9. The summed E-state index contributed by atoms with van der Waals surface area (Å²) >= 11 is 0. The predicted molar refractivity (Wildman–Crippen MR) is 60.0 cm³/mol. The fourth-order valence-corrected chi connectivity index (χ4v) is 2.18. The van der Waals surface area contributed by atoms with Crippen molar-refractivity contribution in [1.82, 2.24) is 10.2 Å². The highest BCUT2D eigenvalue weighted by molar-refractivity contribution is 5.81. The van der Waals surface area contributed by atoms with Gasteiger partial charge in [0.25, 0.3) is 0 Å². The molecule has 0 saturated carbocycles. The van der Waals surface area contributed by atoms with Gasteiger partial charge in [-0.15, -0.1) is 0 Å².